The summed E-state index contributed by atoms with van der Waals surface area (Å²) in [6.45, 7) is 0.763. The van der Waals surface area contributed by atoms with Crippen LogP contribution >= 0.6 is 11.8 Å². The zero-order chi connectivity index (χ0) is 15.4. The Balaban J connectivity index is 1.50. The molecule has 0 bridgehead atoms. The van der Waals surface area contributed by atoms with Crippen LogP contribution in [0.2, 0.25) is 0 Å². The molecular formula is C17H22N2O2S. The second-order valence-corrected chi connectivity index (χ2v) is 7.42. The van der Waals surface area contributed by atoms with Gasteiger partial charge in [-0.2, -0.15) is 0 Å². The maximum Gasteiger partial charge on any atom is 0.221 e. The molecule has 0 spiro atoms. The van der Waals surface area contributed by atoms with E-state index in [4.69, 9.17) is 0 Å². The van der Waals surface area contributed by atoms with Gasteiger partial charge in [-0.05, 0) is 30.4 Å². The van der Waals surface area contributed by atoms with Crippen molar-refractivity contribution in [2.45, 2.75) is 55.2 Å². The summed E-state index contributed by atoms with van der Waals surface area (Å²) in [5.74, 6) is 0.754. The minimum atomic E-state index is -0.284. The van der Waals surface area contributed by atoms with Crippen molar-refractivity contribution in [3.05, 3.63) is 23.9 Å². The second-order valence-electron chi connectivity index (χ2n) is 6.23. The lowest BCUT2D eigenvalue weighted by molar-refractivity contribution is -0.125. The highest BCUT2D eigenvalue weighted by molar-refractivity contribution is 8.00. The number of pyridine rings is 1. The van der Waals surface area contributed by atoms with Crippen LogP contribution in [-0.2, 0) is 16.0 Å². The molecule has 4 nitrogen and oxygen atoms in total. The number of rotatable bonds is 4. The van der Waals surface area contributed by atoms with Crippen molar-refractivity contribution in [3.63, 3.8) is 0 Å². The number of nitrogens with zero attached hydrogens (tertiary/aromatic N) is 1. The number of hydrogen-bond acceptors (Lipinski definition) is 4. The maximum atomic E-state index is 12.2. The van der Waals surface area contributed by atoms with E-state index in [1.54, 1.807) is 6.20 Å². The van der Waals surface area contributed by atoms with E-state index < -0.39 is 0 Å². The van der Waals surface area contributed by atoms with E-state index in [1.807, 2.05) is 12.1 Å². The normalized spacial score (nSPS) is 22.2. The second kappa shape index (κ2) is 7.27. The molecule has 2 aliphatic rings. The minimum Gasteiger partial charge on any atom is -0.356 e. The predicted octanol–water partition coefficient (Wildman–Crippen LogP) is 2.75. The van der Waals surface area contributed by atoms with Crippen LogP contribution in [0.15, 0.2) is 23.4 Å². The summed E-state index contributed by atoms with van der Waals surface area (Å²) in [6.07, 6.45) is 8.72. The standard InChI is InChI=1S/C17H22N2O2S/c20-14-9-13-7-4-8-18-17(13)22-15(14)10-16(21)19-11-12-5-2-1-3-6-12/h4,7-8,12,15H,1-3,5-6,9-11H2,(H,19,21). The van der Waals surface area contributed by atoms with Gasteiger partial charge >= 0.3 is 0 Å². The highest BCUT2D eigenvalue weighted by atomic mass is 32.2. The van der Waals surface area contributed by atoms with Crippen molar-refractivity contribution >= 4 is 23.5 Å². The van der Waals surface area contributed by atoms with Gasteiger partial charge in [0.1, 0.15) is 5.03 Å². The minimum absolute atomic E-state index is 0.00388. The summed E-state index contributed by atoms with van der Waals surface area (Å²) in [5, 5.41) is 3.63. The highest BCUT2D eigenvalue weighted by Gasteiger charge is 2.29. The molecule has 3 rings (SSSR count). The third kappa shape index (κ3) is 3.88. The highest BCUT2D eigenvalue weighted by Crippen LogP contribution is 2.33. The maximum absolute atomic E-state index is 12.2. The Morgan fingerprint density at radius 2 is 2.14 bits per heavy atom. The quantitative estimate of drug-likeness (QED) is 0.927. The van der Waals surface area contributed by atoms with Crippen molar-refractivity contribution < 1.29 is 9.59 Å². The molecule has 1 aromatic rings. The van der Waals surface area contributed by atoms with Gasteiger partial charge < -0.3 is 5.32 Å². The molecule has 1 fully saturated rings. The zero-order valence-corrected chi connectivity index (χ0v) is 13.5. The lowest BCUT2D eigenvalue weighted by atomic mass is 9.89. The monoisotopic (exact) mass is 318 g/mol. The number of nitrogens with one attached hydrogen (secondary N) is 1. The molecule has 1 unspecified atom stereocenters. The van der Waals surface area contributed by atoms with Crippen LogP contribution in [0.1, 0.15) is 44.1 Å². The van der Waals surface area contributed by atoms with E-state index in [1.165, 1.54) is 43.9 Å². The number of amides is 1. The SMILES string of the molecule is O=C(CC1Sc2ncccc2CC1=O)NCC1CCCCC1. The summed E-state index contributed by atoms with van der Waals surface area (Å²) < 4.78 is 0. The number of Topliss-reactive ketones (excluding diaryl/α,β-unsaturated/α-hetero) is 1. The number of aromatic nitrogens is 1. The fraction of sp³-hybridized carbons (Fsp3) is 0.588. The summed E-state index contributed by atoms with van der Waals surface area (Å²) in [4.78, 5) is 28.6. The molecule has 22 heavy (non-hydrogen) atoms. The molecule has 5 heteroatoms. The lowest BCUT2D eigenvalue weighted by Crippen LogP contribution is -2.35. The first kappa shape index (κ1) is 15.5. The van der Waals surface area contributed by atoms with Gasteiger partial charge in [0.25, 0.3) is 0 Å². The summed E-state index contributed by atoms with van der Waals surface area (Å²) in [7, 11) is 0. The third-order valence-corrected chi connectivity index (χ3v) is 5.82. The average molecular weight is 318 g/mol. The van der Waals surface area contributed by atoms with Gasteiger partial charge in [0.15, 0.2) is 5.78 Å². The lowest BCUT2D eigenvalue weighted by Gasteiger charge is -2.23. The van der Waals surface area contributed by atoms with Gasteiger partial charge in [0.2, 0.25) is 5.91 Å². The van der Waals surface area contributed by atoms with Crippen LogP contribution in [0.4, 0.5) is 0 Å². The molecule has 0 aromatic carbocycles. The topological polar surface area (TPSA) is 59.1 Å². The average Bonchev–Trinajstić information content (AvgIpc) is 2.55. The fourth-order valence-electron chi connectivity index (χ4n) is 3.21. The molecule has 1 N–H and O–H groups in total. The van der Waals surface area contributed by atoms with Crippen LogP contribution in [0.5, 0.6) is 0 Å². The number of ketones is 1. The Hall–Kier alpha value is -1.36. The van der Waals surface area contributed by atoms with E-state index in [9.17, 15) is 9.59 Å². The Bertz CT molecular complexity index is 555. The van der Waals surface area contributed by atoms with Crippen molar-refractivity contribution in [1.82, 2.24) is 10.3 Å². The van der Waals surface area contributed by atoms with Crippen molar-refractivity contribution in [2.24, 2.45) is 5.92 Å². The molecule has 1 amide bonds. The molecule has 1 aliphatic carbocycles. The first-order valence-electron chi connectivity index (χ1n) is 8.12. The number of hydrogen-bond donors (Lipinski definition) is 1. The van der Waals surface area contributed by atoms with Crippen LogP contribution in [-0.4, -0.2) is 28.5 Å². The van der Waals surface area contributed by atoms with Crippen LogP contribution in [0, 0.1) is 5.92 Å². The van der Waals surface area contributed by atoms with E-state index >= 15 is 0 Å². The number of carbonyl (C=O) groups excluding carboxylic acids is 2. The Morgan fingerprint density at radius 3 is 2.95 bits per heavy atom. The number of thioether (sulfide) groups is 1. The van der Waals surface area contributed by atoms with Gasteiger partial charge in [-0.3, -0.25) is 9.59 Å². The van der Waals surface area contributed by atoms with Crippen molar-refractivity contribution in [3.8, 4) is 0 Å². The summed E-state index contributed by atoms with van der Waals surface area (Å²) >= 11 is 1.43. The summed E-state index contributed by atoms with van der Waals surface area (Å²) in [5.41, 5.74) is 0.983. The first-order chi connectivity index (χ1) is 10.7. The van der Waals surface area contributed by atoms with Gasteiger partial charge in [-0.25, -0.2) is 4.98 Å². The Morgan fingerprint density at radius 1 is 1.32 bits per heavy atom. The molecular weight excluding hydrogens is 296 g/mol. The molecule has 1 atom stereocenters. The predicted molar refractivity (Wildman–Crippen MR) is 86.8 cm³/mol. The third-order valence-electron chi connectivity index (χ3n) is 4.51. The van der Waals surface area contributed by atoms with Gasteiger partial charge in [0, 0.05) is 25.6 Å². The van der Waals surface area contributed by atoms with Crippen molar-refractivity contribution in [2.75, 3.05) is 6.54 Å². The zero-order valence-electron chi connectivity index (χ0n) is 12.7. The summed E-state index contributed by atoms with van der Waals surface area (Å²) in [6, 6.07) is 3.79. The number of fused-ring (bicyclic) bond motifs is 1. The van der Waals surface area contributed by atoms with Gasteiger partial charge in [-0.15, -0.1) is 0 Å². The van der Waals surface area contributed by atoms with Crippen molar-refractivity contribution in [1.29, 1.82) is 0 Å². The van der Waals surface area contributed by atoms with Crippen LogP contribution < -0.4 is 5.32 Å². The Labute approximate surface area is 135 Å². The van der Waals surface area contributed by atoms with E-state index in [2.05, 4.69) is 10.3 Å². The molecule has 1 aliphatic heterocycles. The first-order valence-corrected chi connectivity index (χ1v) is 9.00. The molecule has 0 radical (unpaired) electrons. The van der Waals surface area contributed by atoms with E-state index in [-0.39, 0.29) is 23.4 Å². The number of carbonyl (C=O) groups is 2. The van der Waals surface area contributed by atoms with E-state index in [0.717, 1.165) is 17.1 Å². The van der Waals surface area contributed by atoms with Gasteiger partial charge in [-0.1, -0.05) is 37.1 Å². The van der Waals surface area contributed by atoms with Crippen LogP contribution in [0.3, 0.4) is 0 Å². The fourth-order valence-corrected chi connectivity index (χ4v) is 4.34. The van der Waals surface area contributed by atoms with Gasteiger partial charge in [0.05, 0.1) is 5.25 Å². The molecule has 1 aromatic heterocycles. The van der Waals surface area contributed by atoms with Crippen LogP contribution in [0.25, 0.3) is 0 Å². The molecule has 1 saturated carbocycles. The Kier molecular flexibility index (Phi) is 5.13. The van der Waals surface area contributed by atoms with E-state index in [0.29, 0.717) is 12.3 Å². The molecule has 2 heterocycles. The molecule has 0 saturated heterocycles. The smallest absolute Gasteiger partial charge is 0.221 e. The largest absolute Gasteiger partial charge is 0.356 e. The molecule has 118 valence electrons.